The maximum absolute atomic E-state index is 13.0. The number of aryl methyl sites for hydroxylation is 1. The summed E-state index contributed by atoms with van der Waals surface area (Å²) in [6.45, 7) is 2.94. The Morgan fingerprint density at radius 3 is 2.44 bits per heavy atom. The largest absolute Gasteiger partial charge is 0.439 e. The Morgan fingerprint density at radius 2 is 1.77 bits per heavy atom. The van der Waals surface area contributed by atoms with Crippen LogP contribution in [0.15, 0.2) is 65.7 Å². The number of aromatic nitrogens is 2. The van der Waals surface area contributed by atoms with E-state index >= 15 is 0 Å². The van der Waals surface area contributed by atoms with Crippen LogP contribution in [0, 0.1) is 0 Å². The third-order valence-corrected chi connectivity index (χ3v) is 9.01. The molecule has 1 N–H and O–H groups in total. The molecule has 0 aliphatic carbocycles. The number of nitrogens with one attached hydrogen (secondary N) is 1. The molecule has 0 bridgehead atoms. The molecule has 0 spiro atoms. The maximum Gasteiger partial charge on any atom is 0.270 e. The van der Waals surface area contributed by atoms with Crippen LogP contribution >= 0.6 is 35.6 Å². The lowest BCUT2D eigenvalue weighted by Crippen LogP contribution is -2.46. The molecular formula is C26H26Cl3N5O4S. The molecule has 39 heavy (non-hydrogen) atoms. The van der Waals surface area contributed by atoms with Crippen molar-refractivity contribution < 1.29 is 17.9 Å². The number of pyridine rings is 1. The Balaban J connectivity index is 0.00000353. The number of halogens is 3. The summed E-state index contributed by atoms with van der Waals surface area (Å²) in [5.41, 5.74) is 1.87. The molecule has 3 heterocycles. The van der Waals surface area contributed by atoms with Crippen LogP contribution in [0.4, 0.5) is 5.69 Å². The average molecular weight is 611 g/mol. The van der Waals surface area contributed by atoms with Gasteiger partial charge in [0.25, 0.3) is 15.9 Å². The maximum atomic E-state index is 13.0. The zero-order valence-corrected chi connectivity index (χ0v) is 24.2. The number of fused-ring (bicyclic) bond motifs is 1. The van der Waals surface area contributed by atoms with E-state index in [4.69, 9.17) is 27.9 Å². The topological polar surface area (TPSA) is 96.8 Å². The van der Waals surface area contributed by atoms with Gasteiger partial charge in [0.15, 0.2) is 0 Å². The number of hydrogen-bond acceptors (Lipinski definition) is 6. The van der Waals surface area contributed by atoms with Gasteiger partial charge in [-0.2, -0.15) is 0 Å². The summed E-state index contributed by atoms with van der Waals surface area (Å²) in [5.74, 6) is 0.840. The predicted octanol–water partition coefficient (Wildman–Crippen LogP) is 4.96. The smallest absolute Gasteiger partial charge is 0.270 e. The van der Waals surface area contributed by atoms with Gasteiger partial charge in [-0.05, 0) is 48.5 Å². The number of sulfonamides is 1. The van der Waals surface area contributed by atoms with Crippen LogP contribution in [0.5, 0.6) is 11.6 Å². The first kappa shape index (κ1) is 29.0. The SMILES string of the molecule is CN(c1ccc(Oc2ccc3c(c2)cc(C(=O)N2CCNCC2)n3C)nc1)S(=O)(=O)c1ccc(Cl)c(Cl)c1.Cl. The molecule has 1 fully saturated rings. The van der Waals surface area contributed by atoms with Gasteiger partial charge in [-0.25, -0.2) is 13.4 Å². The summed E-state index contributed by atoms with van der Waals surface area (Å²) in [5, 5.41) is 4.55. The quantitative estimate of drug-likeness (QED) is 0.331. The second-order valence-electron chi connectivity index (χ2n) is 8.86. The van der Waals surface area contributed by atoms with Crippen LogP contribution in [0.1, 0.15) is 10.5 Å². The van der Waals surface area contributed by atoms with Crippen LogP contribution in [0.25, 0.3) is 10.9 Å². The van der Waals surface area contributed by atoms with E-state index in [1.165, 1.54) is 31.4 Å². The van der Waals surface area contributed by atoms with E-state index in [9.17, 15) is 13.2 Å². The first-order valence-electron chi connectivity index (χ1n) is 11.8. The Kier molecular flexibility index (Phi) is 8.63. The molecule has 0 unspecified atom stereocenters. The second kappa shape index (κ2) is 11.6. The molecule has 2 aromatic carbocycles. The Hall–Kier alpha value is -3.02. The minimum absolute atomic E-state index is 0. The van der Waals surface area contributed by atoms with Crippen molar-refractivity contribution in [1.29, 1.82) is 0 Å². The van der Waals surface area contributed by atoms with Gasteiger partial charge in [-0.1, -0.05) is 23.2 Å². The standard InChI is InChI=1S/C26H25Cl2N5O4S.ClH/c1-31-23-7-4-19(13-17(23)14-24(31)26(34)33-11-9-29-10-12-33)37-25-8-3-18(16-30-25)32(2)38(35,36)20-5-6-21(27)22(28)15-20;/h3-8,13-16,29H,9-12H2,1-2H3;1H. The van der Waals surface area contributed by atoms with E-state index in [-0.39, 0.29) is 33.3 Å². The molecule has 4 aromatic rings. The molecule has 0 saturated carbocycles. The van der Waals surface area contributed by atoms with E-state index in [2.05, 4.69) is 10.3 Å². The number of anilines is 1. The highest BCUT2D eigenvalue weighted by molar-refractivity contribution is 7.92. The summed E-state index contributed by atoms with van der Waals surface area (Å²) in [4.78, 5) is 19.2. The first-order valence-corrected chi connectivity index (χ1v) is 14.0. The normalized spacial score (nSPS) is 13.7. The van der Waals surface area contributed by atoms with Crippen molar-refractivity contribution in [3.05, 3.63) is 76.5 Å². The number of nitrogens with zero attached hydrogens (tertiary/aromatic N) is 4. The molecule has 2 aromatic heterocycles. The van der Waals surface area contributed by atoms with E-state index in [0.717, 1.165) is 28.3 Å². The van der Waals surface area contributed by atoms with Gasteiger partial charge in [0.2, 0.25) is 5.88 Å². The van der Waals surface area contributed by atoms with Gasteiger partial charge >= 0.3 is 0 Å². The highest BCUT2D eigenvalue weighted by Gasteiger charge is 2.23. The van der Waals surface area contributed by atoms with Crippen LogP contribution in [-0.4, -0.2) is 62.0 Å². The van der Waals surface area contributed by atoms with Gasteiger partial charge in [-0.3, -0.25) is 9.10 Å². The fourth-order valence-electron chi connectivity index (χ4n) is 4.30. The summed E-state index contributed by atoms with van der Waals surface area (Å²) < 4.78 is 34.9. The summed E-state index contributed by atoms with van der Waals surface area (Å²) >= 11 is 11.9. The number of amides is 1. The molecule has 1 amide bonds. The molecule has 5 rings (SSSR count). The third kappa shape index (κ3) is 5.80. The highest BCUT2D eigenvalue weighted by Crippen LogP contribution is 2.30. The number of piperazine rings is 1. The van der Waals surface area contributed by atoms with Crippen LogP contribution in [0.3, 0.4) is 0 Å². The fourth-order valence-corrected chi connectivity index (χ4v) is 5.87. The number of carbonyl (C=O) groups is 1. The Labute approximate surface area is 242 Å². The lowest BCUT2D eigenvalue weighted by atomic mass is 10.2. The number of rotatable bonds is 6. The molecule has 1 saturated heterocycles. The number of ether oxygens (including phenoxy) is 1. The van der Waals surface area contributed by atoms with Crippen molar-refractivity contribution in [2.45, 2.75) is 4.90 Å². The monoisotopic (exact) mass is 609 g/mol. The summed E-state index contributed by atoms with van der Waals surface area (Å²) in [6, 6.07) is 14.7. The Morgan fingerprint density at radius 1 is 1.03 bits per heavy atom. The van der Waals surface area contributed by atoms with Gasteiger partial charge in [0.1, 0.15) is 11.4 Å². The van der Waals surface area contributed by atoms with Crippen LogP contribution in [0.2, 0.25) is 10.0 Å². The molecule has 0 radical (unpaired) electrons. The number of benzene rings is 2. The highest BCUT2D eigenvalue weighted by atomic mass is 35.5. The Bertz CT molecular complexity index is 1620. The van der Waals surface area contributed by atoms with Crippen molar-refractivity contribution in [2.24, 2.45) is 7.05 Å². The average Bonchev–Trinajstić information content (AvgIpc) is 3.25. The molecule has 0 atom stereocenters. The van der Waals surface area contributed by atoms with Crippen molar-refractivity contribution in [1.82, 2.24) is 19.8 Å². The lowest BCUT2D eigenvalue weighted by molar-refractivity contribution is 0.0726. The zero-order valence-electron chi connectivity index (χ0n) is 21.1. The van der Waals surface area contributed by atoms with Crippen LogP contribution in [-0.2, 0) is 17.1 Å². The number of carbonyl (C=O) groups excluding carboxylic acids is 1. The molecule has 206 valence electrons. The molecular weight excluding hydrogens is 585 g/mol. The zero-order chi connectivity index (χ0) is 27.0. The van der Waals surface area contributed by atoms with Crippen LogP contribution < -0.4 is 14.4 Å². The van der Waals surface area contributed by atoms with Crippen molar-refractivity contribution in [2.75, 3.05) is 37.5 Å². The lowest BCUT2D eigenvalue weighted by Gasteiger charge is -2.27. The third-order valence-electron chi connectivity index (χ3n) is 6.49. The molecule has 9 nitrogen and oxygen atoms in total. The number of hydrogen-bond donors (Lipinski definition) is 1. The molecule has 1 aliphatic rings. The fraction of sp³-hybridized carbons (Fsp3) is 0.231. The molecule has 13 heteroatoms. The second-order valence-corrected chi connectivity index (χ2v) is 11.6. The van der Waals surface area contributed by atoms with E-state index in [1.54, 1.807) is 18.2 Å². The summed E-state index contributed by atoms with van der Waals surface area (Å²) in [6.07, 6.45) is 1.41. The minimum Gasteiger partial charge on any atom is -0.439 e. The van der Waals surface area contributed by atoms with Crippen molar-refractivity contribution in [3.8, 4) is 11.6 Å². The van der Waals surface area contributed by atoms with E-state index in [1.807, 2.05) is 34.7 Å². The predicted molar refractivity (Wildman–Crippen MR) is 155 cm³/mol. The van der Waals surface area contributed by atoms with Crippen molar-refractivity contribution in [3.63, 3.8) is 0 Å². The van der Waals surface area contributed by atoms with Crippen molar-refractivity contribution >= 4 is 68.1 Å². The molecule has 1 aliphatic heterocycles. The van der Waals surface area contributed by atoms with Gasteiger partial charge in [-0.15, -0.1) is 12.4 Å². The first-order chi connectivity index (χ1) is 18.1. The van der Waals surface area contributed by atoms with E-state index in [0.29, 0.717) is 36.1 Å². The minimum atomic E-state index is -3.87. The van der Waals surface area contributed by atoms with E-state index < -0.39 is 10.0 Å². The van der Waals surface area contributed by atoms with Gasteiger partial charge in [0.05, 0.1) is 26.8 Å². The summed E-state index contributed by atoms with van der Waals surface area (Å²) in [7, 11) is -0.567. The van der Waals surface area contributed by atoms with Gasteiger partial charge in [0, 0.05) is 57.2 Å². The van der Waals surface area contributed by atoms with Gasteiger partial charge < -0.3 is 19.5 Å².